The molecule has 88 valence electrons. The Bertz CT molecular complexity index is 365. The summed E-state index contributed by atoms with van der Waals surface area (Å²) in [5.74, 6) is 0.397. The van der Waals surface area contributed by atoms with Gasteiger partial charge < -0.3 is 15.7 Å². The number of anilines is 2. The van der Waals surface area contributed by atoms with Crippen molar-refractivity contribution in [1.29, 1.82) is 0 Å². The van der Waals surface area contributed by atoms with E-state index in [0.29, 0.717) is 5.92 Å². The maximum absolute atomic E-state index is 9.22. The molecule has 0 bridgehead atoms. The molecule has 16 heavy (non-hydrogen) atoms. The summed E-state index contributed by atoms with van der Waals surface area (Å²) in [4.78, 5) is 2.30. The van der Waals surface area contributed by atoms with E-state index in [2.05, 4.69) is 11.0 Å². The first-order valence-corrected chi connectivity index (χ1v) is 5.93. The van der Waals surface area contributed by atoms with Crippen LogP contribution in [0.15, 0.2) is 18.2 Å². The molecule has 1 aromatic carbocycles. The van der Waals surface area contributed by atoms with Crippen LogP contribution in [-0.2, 0) is 0 Å². The standard InChI is InChI=1S/C13H20N2O/c1-10-4-2-6-12(13(10)14)15-7-3-5-11(8-15)9-16/h2,4,6,11,16H,3,5,7-9,14H2,1H3. The van der Waals surface area contributed by atoms with Crippen LogP contribution in [-0.4, -0.2) is 24.8 Å². The normalized spacial score (nSPS) is 21.1. The van der Waals surface area contributed by atoms with Gasteiger partial charge in [-0.3, -0.25) is 0 Å². The molecule has 1 aromatic rings. The van der Waals surface area contributed by atoms with E-state index in [1.165, 1.54) is 0 Å². The van der Waals surface area contributed by atoms with Gasteiger partial charge in [-0.2, -0.15) is 0 Å². The van der Waals surface area contributed by atoms with Crippen LogP contribution in [0.1, 0.15) is 18.4 Å². The molecule has 0 aromatic heterocycles. The average molecular weight is 220 g/mol. The minimum Gasteiger partial charge on any atom is -0.397 e. The molecule has 1 unspecified atom stereocenters. The van der Waals surface area contributed by atoms with Crippen molar-refractivity contribution in [1.82, 2.24) is 0 Å². The second-order valence-corrected chi connectivity index (χ2v) is 4.64. The van der Waals surface area contributed by atoms with Crippen molar-refractivity contribution < 1.29 is 5.11 Å². The monoisotopic (exact) mass is 220 g/mol. The van der Waals surface area contributed by atoms with Crippen molar-refractivity contribution in [3.63, 3.8) is 0 Å². The Hall–Kier alpha value is -1.22. The number of piperidine rings is 1. The van der Waals surface area contributed by atoms with E-state index in [0.717, 1.165) is 42.9 Å². The van der Waals surface area contributed by atoms with Gasteiger partial charge in [-0.1, -0.05) is 12.1 Å². The third-order valence-electron chi connectivity index (χ3n) is 3.42. The summed E-state index contributed by atoms with van der Waals surface area (Å²) < 4.78 is 0. The maximum atomic E-state index is 9.22. The summed E-state index contributed by atoms with van der Waals surface area (Å²) in [5, 5.41) is 9.22. The van der Waals surface area contributed by atoms with E-state index in [4.69, 9.17) is 5.73 Å². The van der Waals surface area contributed by atoms with Crippen LogP contribution in [0.2, 0.25) is 0 Å². The van der Waals surface area contributed by atoms with Crippen LogP contribution in [0.4, 0.5) is 11.4 Å². The Morgan fingerprint density at radius 2 is 2.31 bits per heavy atom. The highest BCUT2D eigenvalue weighted by Gasteiger charge is 2.20. The first-order valence-electron chi connectivity index (χ1n) is 5.93. The molecule has 3 nitrogen and oxygen atoms in total. The highest BCUT2D eigenvalue weighted by Crippen LogP contribution is 2.29. The molecular weight excluding hydrogens is 200 g/mol. The number of hydrogen-bond acceptors (Lipinski definition) is 3. The van der Waals surface area contributed by atoms with Crippen LogP contribution in [0.25, 0.3) is 0 Å². The number of para-hydroxylation sites is 1. The zero-order valence-electron chi connectivity index (χ0n) is 9.82. The lowest BCUT2D eigenvalue weighted by molar-refractivity contribution is 0.209. The van der Waals surface area contributed by atoms with Gasteiger partial charge in [-0.15, -0.1) is 0 Å². The van der Waals surface area contributed by atoms with Gasteiger partial charge >= 0.3 is 0 Å². The molecule has 1 fully saturated rings. The molecule has 0 radical (unpaired) electrons. The van der Waals surface area contributed by atoms with Gasteiger partial charge in [-0.05, 0) is 37.3 Å². The molecule has 1 aliphatic heterocycles. The highest BCUT2D eigenvalue weighted by molar-refractivity contribution is 5.71. The van der Waals surface area contributed by atoms with Crippen LogP contribution in [0.3, 0.4) is 0 Å². The van der Waals surface area contributed by atoms with Crippen molar-refractivity contribution in [2.45, 2.75) is 19.8 Å². The number of nitrogens with two attached hydrogens (primary N) is 1. The molecule has 0 saturated carbocycles. The van der Waals surface area contributed by atoms with Gasteiger partial charge in [0.1, 0.15) is 0 Å². The molecule has 0 aliphatic carbocycles. The van der Waals surface area contributed by atoms with E-state index in [-0.39, 0.29) is 6.61 Å². The zero-order chi connectivity index (χ0) is 11.5. The topological polar surface area (TPSA) is 49.5 Å². The minimum absolute atomic E-state index is 0.280. The summed E-state index contributed by atoms with van der Waals surface area (Å²) in [6.07, 6.45) is 2.26. The Morgan fingerprint density at radius 1 is 1.50 bits per heavy atom. The van der Waals surface area contributed by atoms with Gasteiger partial charge in [0.25, 0.3) is 0 Å². The van der Waals surface area contributed by atoms with E-state index >= 15 is 0 Å². The summed E-state index contributed by atoms with van der Waals surface area (Å²) in [7, 11) is 0. The first-order chi connectivity index (χ1) is 7.72. The number of rotatable bonds is 2. The van der Waals surface area contributed by atoms with Gasteiger partial charge in [0, 0.05) is 19.7 Å². The molecule has 0 amide bonds. The zero-order valence-corrected chi connectivity index (χ0v) is 9.82. The van der Waals surface area contributed by atoms with Crippen molar-refractivity contribution in [3.05, 3.63) is 23.8 Å². The lowest BCUT2D eigenvalue weighted by Gasteiger charge is -2.34. The minimum atomic E-state index is 0.280. The van der Waals surface area contributed by atoms with Gasteiger partial charge in [-0.25, -0.2) is 0 Å². The molecule has 0 spiro atoms. The van der Waals surface area contributed by atoms with Crippen molar-refractivity contribution in [3.8, 4) is 0 Å². The fourth-order valence-corrected chi connectivity index (χ4v) is 2.37. The number of aliphatic hydroxyl groups excluding tert-OH is 1. The summed E-state index contributed by atoms with van der Waals surface area (Å²) in [6, 6.07) is 6.15. The largest absolute Gasteiger partial charge is 0.397 e. The van der Waals surface area contributed by atoms with Crippen LogP contribution >= 0.6 is 0 Å². The molecule has 1 aliphatic rings. The van der Waals surface area contributed by atoms with Crippen molar-refractivity contribution in [2.75, 3.05) is 30.3 Å². The van der Waals surface area contributed by atoms with Gasteiger partial charge in [0.15, 0.2) is 0 Å². The quantitative estimate of drug-likeness (QED) is 0.747. The van der Waals surface area contributed by atoms with E-state index < -0.39 is 0 Å². The fourth-order valence-electron chi connectivity index (χ4n) is 2.37. The van der Waals surface area contributed by atoms with Gasteiger partial charge in [0.05, 0.1) is 11.4 Å². The number of nitrogens with zero attached hydrogens (tertiary/aromatic N) is 1. The highest BCUT2D eigenvalue weighted by atomic mass is 16.3. The van der Waals surface area contributed by atoms with Crippen LogP contribution in [0.5, 0.6) is 0 Å². The molecule has 1 saturated heterocycles. The third-order valence-corrected chi connectivity index (χ3v) is 3.42. The Labute approximate surface area is 96.9 Å². The maximum Gasteiger partial charge on any atom is 0.0602 e. The third kappa shape index (κ3) is 2.14. The Balaban J connectivity index is 2.20. The molecule has 1 heterocycles. The Kier molecular flexibility index (Phi) is 3.34. The van der Waals surface area contributed by atoms with Gasteiger partial charge in [0.2, 0.25) is 0 Å². The van der Waals surface area contributed by atoms with Crippen molar-refractivity contribution in [2.24, 2.45) is 5.92 Å². The molecule has 2 rings (SSSR count). The number of aryl methyl sites for hydroxylation is 1. The second-order valence-electron chi connectivity index (χ2n) is 4.64. The lowest BCUT2D eigenvalue weighted by atomic mass is 9.98. The predicted molar refractivity (Wildman–Crippen MR) is 67.6 cm³/mol. The number of benzene rings is 1. The number of nitrogen functional groups attached to an aromatic ring is 1. The Morgan fingerprint density at radius 3 is 3.06 bits per heavy atom. The number of hydrogen-bond donors (Lipinski definition) is 2. The second kappa shape index (κ2) is 4.74. The van der Waals surface area contributed by atoms with Crippen LogP contribution < -0.4 is 10.6 Å². The van der Waals surface area contributed by atoms with Crippen LogP contribution in [0, 0.1) is 12.8 Å². The van der Waals surface area contributed by atoms with Crippen molar-refractivity contribution >= 4 is 11.4 Å². The molecule has 1 atom stereocenters. The SMILES string of the molecule is Cc1cccc(N2CCCC(CO)C2)c1N. The van der Waals surface area contributed by atoms with E-state index in [1.54, 1.807) is 0 Å². The summed E-state index contributed by atoms with van der Waals surface area (Å²) >= 11 is 0. The summed E-state index contributed by atoms with van der Waals surface area (Å²) in [5.41, 5.74) is 9.22. The molecular formula is C13H20N2O. The lowest BCUT2D eigenvalue weighted by Crippen LogP contribution is -2.37. The molecule has 3 N–H and O–H groups in total. The van der Waals surface area contributed by atoms with E-state index in [1.807, 2.05) is 19.1 Å². The first kappa shape index (κ1) is 11.3. The fraction of sp³-hybridized carbons (Fsp3) is 0.538. The smallest absolute Gasteiger partial charge is 0.0602 e. The molecule has 3 heteroatoms. The number of aliphatic hydroxyl groups is 1. The average Bonchev–Trinajstić information content (AvgIpc) is 2.33. The summed E-state index contributed by atoms with van der Waals surface area (Å²) in [6.45, 7) is 4.28. The van der Waals surface area contributed by atoms with E-state index in [9.17, 15) is 5.11 Å². The predicted octanol–water partition coefficient (Wildman–Crippen LogP) is 1.79.